The Morgan fingerprint density at radius 2 is 1.87 bits per heavy atom. The van der Waals surface area contributed by atoms with Gasteiger partial charge in [-0.15, -0.1) is 0 Å². The van der Waals surface area contributed by atoms with Crippen LogP contribution >= 0.6 is 0 Å². The summed E-state index contributed by atoms with van der Waals surface area (Å²) < 4.78 is 36.7. The lowest BCUT2D eigenvalue weighted by molar-refractivity contribution is 0.0332. The zero-order valence-electron chi connectivity index (χ0n) is 16.6. The molecule has 0 amide bonds. The molecule has 1 fully saturated rings. The monoisotopic (exact) mass is 422 g/mol. The fourth-order valence-electron chi connectivity index (χ4n) is 3.62. The Morgan fingerprint density at radius 3 is 2.61 bits per heavy atom. The van der Waals surface area contributed by atoms with Crippen molar-refractivity contribution >= 4 is 22.7 Å². The van der Waals surface area contributed by atoms with Crippen LogP contribution in [0.15, 0.2) is 55.1 Å². The van der Waals surface area contributed by atoms with E-state index in [1.54, 1.807) is 41.5 Å². The van der Waals surface area contributed by atoms with Crippen LogP contribution in [0.4, 0.5) is 20.4 Å². The van der Waals surface area contributed by atoms with Crippen LogP contribution in [0.5, 0.6) is 0 Å². The van der Waals surface area contributed by atoms with Gasteiger partial charge in [-0.25, -0.2) is 13.8 Å². The molecule has 4 aromatic rings. The van der Waals surface area contributed by atoms with Crippen LogP contribution in [0.25, 0.3) is 16.7 Å². The molecule has 158 valence electrons. The molecule has 3 aromatic heterocycles. The van der Waals surface area contributed by atoms with Crippen molar-refractivity contribution in [3.8, 4) is 5.69 Å². The number of hydrogen-bond donors (Lipinski definition) is 1. The topological polar surface area (TPSA) is 68.1 Å². The van der Waals surface area contributed by atoms with Crippen molar-refractivity contribution in [2.45, 2.75) is 6.54 Å². The largest absolute Gasteiger partial charge is 0.379 e. The molecule has 4 heterocycles. The summed E-state index contributed by atoms with van der Waals surface area (Å²) in [6.07, 6.45) is 6.72. The van der Waals surface area contributed by atoms with E-state index < -0.39 is 11.6 Å². The normalized spacial score (nSPS) is 14.8. The van der Waals surface area contributed by atoms with Gasteiger partial charge in [0.05, 0.1) is 30.8 Å². The van der Waals surface area contributed by atoms with E-state index in [0.29, 0.717) is 43.6 Å². The highest BCUT2D eigenvalue weighted by Gasteiger charge is 2.18. The standard InChI is InChI=1S/C22H20F2N6O/c23-19-10-17(11-20(24)18(19)14-29-6-8-31-9-7-29)30-5-3-15-12-26-22(28-21(15)30)27-16-2-1-4-25-13-16/h1-5,10-13H,6-9,14H2,(H,26,27,28). The third kappa shape index (κ3) is 4.10. The zero-order chi connectivity index (χ0) is 21.2. The predicted octanol–water partition coefficient (Wildman–Crippen LogP) is 3.67. The molecule has 0 bridgehead atoms. The number of morpholine rings is 1. The second-order valence-corrected chi connectivity index (χ2v) is 7.30. The maximum atomic E-state index is 14.9. The van der Waals surface area contributed by atoms with Gasteiger partial charge in [0.1, 0.15) is 17.3 Å². The van der Waals surface area contributed by atoms with Gasteiger partial charge in [0.25, 0.3) is 0 Å². The lowest BCUT2D eigenvalue weighted by Crippen LogP contribution is -2.36. The average molecular weight is 422 g/mol. The summed E-state index contributed by atoms with van der Waals surface area (Å²) in [5.74, 6) is -0.789. The van der Waals surface area contributed by atoms with E-state index in [1.807, 2.05) is 11.0 Å². The Morgan fingerprint density at radius 1 is 1.06 bits per heavy atom. The number of ether oxygens (including phenoxy) is 1. The molecule has 7 nitrogen and oxygen atoms in total. The molecule has 0 atom stereocenters. The SMILES string of the molecule is Fc1cc(-n2ccc3cnc(Nc4cccnc4)nc32)cc(F)c1CN1CCOCC1. The fourth-order valence-corrected chi connectivity index (χ4v) is 3.62. The van der Waals surface area contributed by atoms with Crippen LogP contribution in [0.2, 0.25) is 0 Å². The van der Waals surface area contributed by atoms with Crippen molar-refractivity contribution < 1.29 is 13.5 Å². The van der Waals surface area contributed by atoms with Gasteiger partial charge in [-0.05, 0) is 30.3 Å². The number of pyridine rings is 1. The van der Waals surface area contributed by atoms with E-state index in [9.17, 15) is 8.78 Å². The summed E-state index contributed by atoms with van der Waals surface area (Å²) in [6, 6.07) is 8.13. The number of nitrogens with one attached hydrogen (secondary N) is 1. The van der Waals surface area contributed by atoms with Crippen LogP contribution in [-0.4, -0.2) is 50.7 Å². The van der Waals surface area contributed by atoms with Gasteiger partial charge >= 0.3 is 0 Å². The van der Waals surface area contributed by atoms with Crippen LogP contribution in [0.3, 0.4) is 0 Å². The molecular weight excluding hydrogens is 402 g/mol. The zero-order valence-corrected chi connectivity index (χ0v) is 16.6. The summed E-state index contributed by atoms with van der Waals surface area (Å²) in [6.45, 7) is 2.69. The molecule has 0 radical (unpaired) electrons. The number of anilines is 2. The number of benzene rings is 1. The van der Waals surface area contributed by atoms with Gasteiger partial charge in [0, 0.05) is 49.2 Å². The van der Waals surface area contributed by atoms with Crippen molar-refractivity contribution in [3.63, 3.8) is 0 Å². The molecule has 0 spiro atoms. The van der Waals surface area contributed by atoms with E-state index in [1.165, 1.54) is 12.1 Å². The highest BCUT2D eigenvalue weighted by molar-refractivity contribution is 5.78. The van der Waals surface area contributed by atoms with Crippen LogP contribution < -0.4 is 5.32 Å². The van der Waals surface area contributed by atoms with Gasteiger partial charge < -0.3 is 14.6 Å². The van der Waals surface area contributed by atoms with Gasteiger partial charge in [-0.1, -0.05) is 0 Å². The molecule has 1 N–H and O–H groups in total. The molecule has 9 heteroatoms. The molecule has 0 aliphatic carbocycles. The lowest BCUT2D eigenvalue weighted by Gasteiger charge is -2.27. The molecule has 1 aliphatic rings. The minimum absolute atomic E-state index is 0.0654. The number of hydrogen-bond acceptors (Lipinski definition) is 6. The van der Waals surface area contributed by atoms with Crippen LogP contribution in [0, 0.1) is 11.6 Å². The molecule has 1 aromatic carbocycles. The highest BCUT2D eigenvalue weighted by atomic mass is 19.1. The first-order valence-electron chi connectivity index (χ1n) is 9.97. The maximum Gasteiger partial charge on any atom is 0.229 e. The van der Waals surface area contributed by atoms with E-state index >= 15 is 0 Å². The Balaban J connectivity index is 1.46. The van der Waals surface area contributed by atoms with Crippen molar-refractivity contribution in [3.05, 3.63) is 72.3 Å². The van der Waals surface area contributed by atoms with Crippen molar-refractivity contribution in [1.29, 1.82) is 0 Å². The van der Waals surface area contributed by atoms with Crippen LogP contribution in [-0.2, 0) is 11.3 Å². The number of halogens is 2. The smallest absolute Gasteiger partial charge is 0.229 e. The number of aromatic nitrogens is 4. The van der Waals surface area contributed by atoms with Crippen molar-refractivity contribution in [2.75, 3.05) is 31.6 Å². The van der Waals surface area contributed by atoms with Gasteiger partial charge in [-0.2, -0.15) is 4.98 Å². The number of fused-ring (bicyclic) bond motifs is 1. The molecule has 1 saturated heterocycles. The van der Waals surface area contributed by atoms with Crippen molar-refractivity contribution in [2.24, 2.45) is 0 Å². The van der Waals surface area contributed by atoms with E-state index in [2.05, 4.69) is 20.3 Å². The first-order valence-corrected chi connectivity index (χ1v) is 9.97. The molecular formula is C22H20F2N6O. The van der Waals surface area contributed by atoms with Gasteiger partial charge in [-0.3, -0.25) is 9.88 Å². The molecule has 31 heavy (non-hydrogen) atoms. The second-order valence-electron chi connectivity index (χ2n) is 7.30. The lowest BCUT2D eigenvalue weighted by atomic mass is 10.1. The third-order valence-corrected chi connectivity index (χ3v) is 5.23. The Kier molecular flexibility index (Phi) is 5.27. The minimum atomic E-state index is -0.578. The minimum Gasteiger partial charge on any atom is -0.379 e. The number of nitrogens with zero attached hydrogens (tertiary/aromatic N) is 5. The Bertz CT molecular complexity index is 1180. The first-order chi connectivity index (χ1) is 15.2. The van der Waals surface area contributed by atoms with Gasteiger partial charge in [0.2, 0.25) is 5.95 Å². The second kappa shape index (κ2) is 8.37. The van der Waals surface area contributed by atoms with E-state index in [4.69, 9.17) is 4.74 Å². The summed E-state index contributed by atoms with van der Waals surface area (Å²) in [4.78, 5) is 14.9. The average Bonchev–Trinajstić information content (AvgIpc) is 3.21. The maximum absolute atomic E-state index is 14.9. The summed E-state index contributed by atoms with van der Waals surface area (Å²) >= 11 is 0. The third-order valence-electron chi connectivity index (χ3n) is 5.23. The predicted molar refractivity (Wildman–Crippen MR) is 112 cm³/mol. The quantitative estimate of drug-likeness (QED) is 0.529. The summed E-state index contributed by atoms with van der Waals surface area (Å²) in [7, 11) is 0. The van der Waals surface area contributed by atoms with E-state index in [0.717, 1.165) is 11.1 Å². The van der Waals surface area contributed by atoms with Crippen molar-refractivity contribution in [1.82, 2.24) is 24.4 Å². The molecule has 0 unspecified atom stereocenters. The molecule has 0 saturated carbocycles. The fraction of sp³-hybridized carbons (Fsp3) is 0.227. The van der Waals surface area contributed by atoms with E-state index in [-0.39, 0.29) is 12.1 Å². The summed E-state index contributed by atoms with van der Waals surface area (Å²) in [5.41, 5.74) is 1.71. The first kappa shape index (κ1) is 19.5. The Labute approximate surface area is 177 Å². The molecule has 1 aliphatic heterocycles. The number of rotatable bonds is 5. The summed E-state index contributed by atoms with van der Waals surface area (Å²) in [5, 5.41) is 3.84. The van der Waals surface area contributed by atoms with Crippen LogP contribution in [0.1, 0.15) is 5.56 Å². The molecule has 5 rings (SSSR count). The van der Waals surface area contributed by atoms with Gasteiger partial charge in [0.15, 0.2) is 0 Å². The Hall–Kier alpha value is -3.43. The highest BCUT2D eigenvalue weighted by Crippen LogP contribution is 2.25.